The van der Waals surface area contributed by atoms with Crippen molar-refractivity contribution < 1.29 is 9.13 Å². The van der Waals surface area contributed by atoms with Crippen molar-refractivity contribution in [2.24, 2.45) is 5.73 Å². The van der Waals surface area contributed by atoms with Crippen molar-refractivity contribution in [1.29, 1.82) is 0 Å². The predicted molar refractivity (Wildman–Crippen MR) is 81.3 cm³/mol. The summed E-state index contributed by atoms with van der Waals surface area (Å²) in [5.41, 5.74) is 7.63. The number of benzene rings is 1. The molecule has 0 saturated carbocycles. The lowest BCUT2D eigenvalue weighted by molar-refractivity contribution is 0.0634. The molecule has 0 heterocycles. The van der Waals surface area contributed by atoms with E-state index < -0.39 is 0 Å². The number of hydrogen-bond acceptors (Lipinski definition) is 3. The molecule has 2 N–H and O–H groups in total. The molecule has 0 radical (unpaired) electrons. The lowest BCUT2D eigenvalue weighted by atomic mass is 10.0. The molecule has 0 spiro atoms. The number of ether oxygens (including phenoxy) is 1. The third-order valence-electron chi connectivity index (χ3n) is 3.37. The Morgan fingerprint density at radius 1 is 1.30 bits per heavy atom. The average Bonchev–Trinajstić information content (AvgIpc) is 2.38. The first-order valence-electron chi connectivity index (χ1n) is 7.22. The minimum Gasteiger partial charge on any atom is -0.377 e. The van der Waals surface area contributed by atoms with Crippen molar-refractivity contribution in [2.75, 3.05) is 26.7 Å². The van der Waals surface area contributed by atoms with Crippen LogP contribution < -0.4 is 5.73 Å². The fraction of sp³-hybridized carbons (Fsp3) is 0.625. The zero-order valence-electron chi connectivity index (χ0n) is 13.0. The number of halogens is 1. The Labute approximate surface area is 121 Å². The highest BCUT2D eigenvalue weighted by Crippen LogP contribution is 2.17. The maximum absolute atomic E-state index is 13.5. The van der Waals surface area contributed by atoms with Gasteiger partial charge in [0.15, 0.2) is 0 Å². The molecule has 0 aliphatic heterocycles. The summed E-state index contributed by atoms with van der Waals surface area (Å²) in [5, 5.41) is 0. The summed E-state index contributed by atoms with van der Waals surface area (Å²) in [6.07, 6.45) is 1.07. The van der Waals surface area contributed by atoms with Crippen LogP contribution in [-0.4, -0.2) is 37.7 Å². The number of nitrogens with zero attached hydrogens (tertiary/aromatic N) is 1. The van der Waals surface area contributed by atoms with E-state index in [2.05, 4.69) is 4.90 Å². The Bertz CT molecular complexity index is 409. The van der Waals surface area contributed by atoms with Crippen LogP contribution >= 0.6 is 0 Å². The Morgan fingerprint density at radius 2 is 2.00 bits per heavy atom. The van der Waals surface area contributed by atoms with Crippen LogP contribution in [-0.2, 0) is 4.74 Å². The van der Waals surface area contributed by atoms with Crippen molar-refractivity contribution in [3.8, 4) is 0 Å². The first-order chi connectivity index (χ1) is 9.40. The van der Waals surface area contributed by atoms with Gasteiger partial charge in [-0.05, 0) is 58.0 Å². The summed E-state index contributed by atoms with van der Waals surface area (Å²) in [6, 6.07) is 5.11. The fourth-order valence-corrected chi connectivity index (χ4v) is 1.92. The number of nitrogens with two attached hydrogens (primary N) is 1. The molecule has 1 atom stereocenters. The molecule has 0 bridgehead atoms. The molecule has 0 saturated heterocycles. The van der Waals surface area contributed by atoms with Gasteiger partial charge >= 0.3 is 0 Å². The molecular weight excluding hydrogens is 255 g/mol. The van der Waals surface area contributed by atoms with Crippen molar-refractivity contribution in [3.05, 3.63) is 35.1 Å². The highest BCUT2D eigenvalue weighted by molar-refractivity contribution is 5.25. The molecule has 1 unspecified atom stereocenters. The summed E-state index contributed by atoms with van der Waals surface area (Å²) >= 11 is 0. The molecule has 0 aliphatic carbocycles. The van der Waals surface area contributed by atoms with Gasteiger partial charge in [0.1, 0.15) is 5.82 Å². The van der Waals surface area contributed by atoms with Crippen LogP contribution in [0.1, 0.15) is 37.4 Å². The molecule has 3 nitrogen and oxygen atoms in total. The minimum atomic E-state index is -0.184. The normalized spacial score (nSPS) is 13.2. The number of likely N-dealkylation sites (N-methyl/N-ethyl adjacent to an activating group) is 1. The average molecular weight is 282 g/mol. The molecule has 114 valence electrons. The maximum atomic E-state index is 13.5. The largest absolute Gasteiger partial charge is 0.377 e. The van der Waals surface area contributed by atoms with E-state index in [1.165, 1.54) is 0 Å². The summed E-state index contributed by atoms with van der Waals surface area (Å²) < 4.78 is 19.0. The van der Waals surface area contributed by atoms with E-state index in [9.17, 15) is 4.39 Å². The second kappa shape index (κ2) is 8.35. The smallest absolute Gasteiger partial charge is 0.126 e. The Balaban J connectivity index is 2.34. The van der Waals surface area contributed by atoms with Gasteiger partial charge in [-0.1, -0.05) is 12.1 Å². The van der Waals surface area contributed by atoms with Crippen LogP contribution in [0.2, 0.25) is 0 Å². The second-order valence-electron chi connectivity index (χ2n) is 5.63. The Hall–Kier alpha value is -0.970. The standard InChI is InChI=1S/C16H27FN2O/c1-12(2)20-10-9-19(4)8-7-16(18)14-6-5-13(3)15(17)11-14/h5-6,11-12,16H,7-10,18H2,1-4H3. The minimum absolute atomic E-state index is 0.126. The third-order valence-corrected chi connectivity index (χ3v) is 3.37. The molecule has 1 rings (SSSR count). The van der Waals surface area contributed by atoms with E-state index in [1.54, 1.807) is 19.1 Å². The molecule has 0 aromatic heterocycles. The van der Waals surface area contributed by atoms with Crippen LogP contribution in [0.15, 0.2) is 18.2 Å². The summed E-state index contributed by atoms with van der Waals surface area (Å²) in [6.45, 7) is 8.30. The number of hydrogen-bond donors (Lipinski definition) is 1. The van der Waals surface area contributed by atoms with Gasteiger partial charge in [-0.15, -0.1) is 0 Å². The van der Waals surface area contributed by atoms with Crippen LogP contribution in [0, 0.1) is 12.7 Å². The quantitative estimate of drug-likeness (QED) is 0.797. The van der Waals surface area contributed by atoms with Crippen LogP contribution in [0.25, 0.3) is 0 Å². The van der Waals surface area contributed by atoms with E-state index in [0.29, 0.717) is 5.56 Å². The topological polar surface area (TPSA) is 38.5 Å². The van der Waals surface area contributed by atoms with E-state index in [-0.39, 0.29) is 18.0 Å². The number of aryl methyl sites for hydroxylation is 1. The second-order valence-corrected chi connectivity index (χ2v) is 5.63. The van der Waals surface area contributed by atoms with E-state index in [1.807, 2.05) is 27.0 Å². The van der Waals surface area contributed by atoms with Gasteiger partial charge in [-0.25, -0.2) is 4.39 Å². The van der Waals surface area contributed by atoms with Crippen molar-refractivity contribution in [3.63, 3.8) is 0 Å². The lowest BCUT2D eigenvalue weighted by Crippen LogP contribution is -2.27. The van der Waals surface area contributed by atoms with Crippen LogP contribution in [0.4, 0.5) is 4.39 Å². The highest BCUT2D eigenvalue weighted by Gasteiger charge is 2.09. The molecule has 1 aromatic rings. The van der Waals surface area contributed by atoms with Gasteiger partial charge in [0.25, 0.3) is 0 Å². The Kier molecular flexibility index (Phi) is 7.13. The molecule has 0 fully saturated rings. The number of rotatable bonds is 8. The monoisotopic (exact) mass is 282 g/mol. The van der Waals surface area contributed by atoms with Crippen LogP contribution in [0.3, 0.4) is 0 Å². The van der Waals surface area contributed by atoms with Gasteiger partial charge < -0.3 is 15.4 Å². The summed E-state index contributed by atoms with van der Waals surface area (Å²) in [5.74, 6) is -0.184. The van der Waals surface area contributed by atoms with Gasteiger partial charge in [-0.2, -0.15) is 0 Å². The molecule has 1 aromatic carbocycles. The fourth-order valence-electron chi connectivity index (χ4n) is 1.92. The van der Waals surface area contributed by atoms with Gasteiger partial charge in [0.2, 0.25) is 0 Å². The molecule has 4 heteroatoms. The van der Waals surface area contributed by atoms with E-state index >= 15 is 0 Å². The first kappa shape index (κ1) is 17.1. The zero-order valence-corrected chi connectivity index (χ0v) is 13.0. The lowest BCUT2D eigenvalue weighted by Gasteiger charge is -2.20. The molecule has 0 amide bonds. The van der Waals surface area contributed by atoms with E-state index in [0.717, 1.165) is 31.7 Å². The SMILES string of the molecule is Cc1ccc(C(N)CCN(C)CCOC(C)C)cc1F. The highest BCUT2D eigenvalue weighted by atomic mass is 19.1. The molecule has 0 aliphatic rings. The van der Waals surface area contributed by atoms with Crippen molar-refractivity contribution in [1.82, 2.24) is 4.90 Å². The van der Waals surface area contributed by atoms with Gasteiger partial charge in [-0.3, -0.25) is 0 Å². The summed E-state index contributed by atoms with van der Waals surface area (Å²) in [4.78, 5) is 2.19. The van der Waals surface area contributed by atoms with Crippen LogP contribution in [0.5, 0.6) is 0 Å². The zero-order chi connectivity index (χ0) is 15.1. The van der Waals surface area contributed by atoms with Crippen molar-refractivity contribution >= 4 is 0 Å². The first-order valence-corrected chi connectivity index (χ1v) is 7.22. The third kappa shape index (κ3) is 5.99. The summed E-state index contributed by atoms with van der Waals surface area (Å²) in [7, 11) is 2.05. The predicted octanol–water partition coefficient (Wildman–Crippen LogP) is 2.88. The van der Waals surface area contributed by atoms with Gasteiger partial charge in [0.05, 0.1) is 12.7 Å². The van der Waals surface area contributed by atoms with Crippen molar-refractivity contribution in [2.45, 2.75) is 39.3 Å². The van der Waals surface area contributed by atoms with Gasteiger partial charge in [0, 0.05) is 12.6 Å². The van der Waals surface area contributed by atoms with E-state index in [4.69, 9.17) is 10.5 Å². The molecular formula is C16H27FN2O. The maximum Gasteiger partial charge on any atom is 0.126 e. The molecule has 20 heavy (non-hydrogen) atoms. The Morgan fingerprint density at radius 3 is 2.60 bits per heavy atom.